The smallest absolute Gasteiger partial charge is 0.407 e. The van der Waals surface area contributed by atoms with E-state index in [0.717, 1.165) is 92.9 Å². The number of nitrogens with one attached hydrogen (secondary N) is 4. The van der Waals surface area contributed by atoms with Gasteiger partial charge in [-0.05, 0) is 97.9 Å². The third-order valence-electron chi connectivity index (χ3n) is 13.3. The number of piperidine rings is 2. The van der Waals surface area contributed by atoms with Crippen LogP contribution in [0.2, 0.25) is 0 Å². The molecule has 0 bridgehead atoms. The molecule has 62 heavy (non-hydrogen) atoms. The Bertz CT molecular complexity index is 2590. The number of nitrogens with zero attached hydrogens (tertiary/aromatic N) is 6. The first-order chi connectivity index (χ1) is 29.9. The van der Waals surface area contributed by atoms with Gasteiger partial charge in [-0.2, -0.15) is 0 Å². The highest BCUT2D eigenvalue weighted by atomic mass is 16.5. The number of carbonyl (C=O) groups is 4. The Morgan fingerprint density at radius 1 is 0.581 bits per heavy atom. The summed E-state index contributed by atoms with van der Waals surface area (Å²) in [6.07, 6.45) is 2.33. The number of aromatic nitrogens is 6. The molecule has 16 heteroatoms. The molecule has 16 nitrogen and oxygen atoms in total. The minimum Gasteiger partial charge on any atom is -0.453 e. The molecule has 4 aromatic heterocycles. The summed E-state index contributed by atoms with van der Waals surface area (Å²) in [5, 5.41) is 5.49. The SMILES string of the molecule is COC(=O)N[C@H](C(=O)N1[C@@H]2C[C@@H]2C[C@H]1c1nc2ccc(-c3ccc4nc(-c5ccc6nc([C@@H]7C[C@H]8C[C@H]8N7C(=O)[C@@H](NC(=O)OC)C(C)C)[nH]c6c5)ccc4n3)cc2[nH]1)C(C)C. The van der Waals surface area contributed by atoms with E-state index >= 15 is 0 Å². The number of ether oxygens (including phenoxy) is 2. The molecule has 4 fully saturated rings. The van der Waals surface area contributed by atoms with E-state index in [-0.39, 0.29) is 47.8 Å². The van der Waals surface area contributed by atoms with Crippen molar-refractivity contribution in [1.82, 2.24) is 50.3 Å². The second-order valence-corrected chi connectivity index (χ2v) is 18.0. The molecule has 10 rings (SSSR count). The molecule has 0 spiro atoms. The van der Waals surface area contributed by atoms with Gasteiger partial charge < -0.3 is 39.9 Å². The number of amides is 4. The fourth-order valence-corrected chi connectivity index (χ4v) is 9.78. The van der Waals surface area contributed by atoms with Gasteiger partial charge in [-0.25, -0.2) is 29.5 Å². The number of aromatic amines is 2. The molecule has 2 saturated heterocycles. The van der Waals surface area contributed by atoms with E-state index in [1.807, 2.05) is 98.2 Å². The van der Waals surface area contributed by atoms with Crippen LogP contribution in [0, 0.1) is 23.7 Å². The van der Waals surface area contributed by atoms with Crippen molar-refractivity contribution in [2.24, 2.45) is 23.7 Å². The highest BCUT2D eigenvalue weighted by molar-refractivity contribution is 5.90. The van der Waals surface area contributed by atoms with E-state index in [1.54, 1.807) is 0 Å². The van der Waals surface area contributed by atoms with Crippen molar-refractivity contribution in [3.63, 3.8) is 0 Å². The average molecular weight is 839 g/mol. The van der Waals surface area contributed by atoms with Crippen molar-refractivity contribution in [2.45, 2.75) is 89.6 Å². The number of rotatable bonds is 10. The molecule has 2 aliphatic heterocycles. The molecule has 4 aliphatic rings. The third-order valence-corrected chi connectivity index (χ3v) is 13.3. The fraction of sp³-hybridized carbons (Fsp3) is 0.435. The number of pyridine rings is 2. The van der Waals surface area contributed by atoms with Gasteiger partial charge >= 0.3 is 12.2 Å². The minimum atomic E-state index is -0.694. The summed E-state index contributed by atoms with van der Waals surface area (Å²) in [4.78, 5) is 82.7. The van der Waals surface area contributed by atoms with E-state index in [1.165, 1.54) is 14.2 Å². The normalized spacial score (nSPS) is 23.4. The van der Waals surface area contributed by atoms with Crippen LogP contribution in [0.25, 0.3) is 55.6 Å². The average Bonchev–Trinajstić information content (AvgIpc) is 3.93. The lowest BCUT2D eigenvalue weighted by molar-refractivity contribution is -0.137. The Balaban J connectivity index is 0.868. The van der Waals surface area contributed by atoms with Crippen molar-refractivity contribution in [3.8, 4) is 22.5 Å². The number of methoxy groups -OCH3 is 2. The van der Waals surface area contributed by atoms with E-state index in [4.69, 9.17) is 29.4 Å². The number of carbonyl (C=O) groups excluding carboxylic acids is 4. The van der Waals surface area contributed by atoms with Crippen molar-refractivity contribution in [3.05, 3.63) is 72.3 Å². The first-order valence-electron chi connectivity index (χ1n) is 21.5. The summed E-state index contributed by atoms with van der Waals surface area (Å²) in [5.74, 6) is 1.88. The zero-order valence-electron chi connectivity index (χ0n) is 35.5. The van der Waals surface area contributed by atoms with Crippen molar-refractivity contribution in [1.29, 1.82) is 0 Å². The maximum absolute atomic E-state index is 13.9. The minimum absolute atomic E-state index is 0.111. The maximum Gasteiger partial charge on any atom is 0.407 e. The van der Waals surface area contributed by atoms with Crippen molar-refractivity contribution in [2.75, 3.05) is 14.2 Å². The lowest BCUT2D eigenvalue weighted by Crippen LogP contribution is -2.52. The summed E-state index contributed by atoms with van der Waals surface area (Å²) in [5.41, 5.74) is 8.25. The lowest BCUT2D eigenvalue weighted by Gasteiger charge is -2.31. The molecule has 4 amide bonds. The number of alkyl carbamates (subject to hydrolysis) is 2. The summed E-state index contributed by atoms with van der Waals surface area (Å²) < 4.78 is 9.63. The summed E-state index contributed by atoms with van der Waals surface area (Å²) >= 11 is 0. The zero-order valence-corrected chi connectivity index (χ0v) is 35.5. The summed E-state index contributed by atoms with van der Waals surface area (Å²) in [6, 6.07) is 18.4. The van der Waals surface area contributed by atoms with Gasteiger partial charge in [-0.1, -0.05) is 39.8 Å². The molecule has 2 saturated carbocycles. The van der Waals surface area contributed by atoms with Crippen molar-refractivity contribution >= 4 is 57.1 Å². The highest BCUT2D eigenvalue weighted by Gasteiger charge is 2.57. The van der Waals surface area contributed by atoms with Gasteiger partial charge in [0, 0.05) is 23.2 Å². The van der Waals surface area contributed by atoms with Gasteiger partial charge in [0.05, 0.1) is 70.8 Å². The Labute approximate surface area is 357 Å². The predicted molar refractivity (Wildman–Crippen MR) is 230 cm³/mol. The third kappa shape index (κ3) is 6.94. The zero-order chi connectivity index (χ0) is 43.1. The number of hydrogen-bond donors (Lipinski definition) is 4. The Hall–Kier alpha value is -6.58. The molecule has 6 aromatic rings. The second kappa shape index (κ2) is 15.1. The molecule has 8 atom stereocenters. The molecular weight excluding hydrogens is 789 g/mol. The van der Waals surface area contributed by atoms with Gasteiger partial charge in [0.15, 0.2) is 0 Å². The van der Waals surface area contributed by atoms with Crippen LogP contribution in [0.4, 0.5) is 9.59 Å². The molecule has 4 N–H and O–H groups in total. The monoisotopic (exact) mass is 838 g/mol. The number of hydrogen-bond acceptors (Lipinski definition) is 10. The number of imidazole rings is 2. The second-order valence-electron chi connectivity index (χ2n) is 18.0. The van der Waals surface area contributed by atoms with Crippen molar-refractivity contribution < 1.29 is 28.7 Å². The quantitative estimate of drug-likeness (QED) is 0.114. The molecule has 2 aromatic carbocycles. The largest absolute Gasteiger partial charge is 0.453 e. The summed E-state index contributed by atoms with van der Waals surface area (Å²) in [7, 11) is 2.60. The van der Waals surface area contributed by atoms with Gasteiger partial charge in [-0.3, -0.25) is 9.59 Å². The van der Waals surface area contributed by atoms with Gasteiger partial charge in [0.1, 0.15) is 23.7 Å². The highest BCUT2D eigenvalue weighted by Crippen LogP contribution is 2.54. The van der Waals surface area contributed by atoms with Gasteiger partial charge in [0.2, 0.25) is 11.8 Å². The fourth-order valence-electron chi connectivity index (χ4n) is 9.78. The Morgan fingerprint density at radius 3 is 1.37 bits per heavy atom. The van der Waals surface area contributed by atoms with Gasteiger partial charge in [0.25, 0.3) is 0 Å². The molecule has 2 aliphatic carbocycles. The van der Waals surface area contributed by atoms with Crippen LogP contribution in [0.1, 0.15) is 77.1 Å². The number of benzene rings is 2. The topological polar surface area (TPSA) is 200 Å². The van der Waals surface area contributed by atoms with Crippen LogP contribution in [0.3, 0.4) is 0 Å². The number of fused-ring (bicyclic) bond motifs is 5. The lowest BCUT2D eigenvalue weighted by atomic mass is 10.0. The number of H-pyrrole nitrogens is 2. The van der Waals surface area contributed by atoms with E-state index < -0.39 is 24.3 Å². The molecule has 320 valence electrons. The maximum atomic E-state index is 13.9. The van der Waals surface area contributed by atoms with Crippen LogP contribution >= 0.6 is 0 Å². The first-order valence-corrected chi connectivity index (χ1v) is 21.5. The first kappa shape index (κ1) is 39.5. The van der Waals surface area contributed by atoms with Crippen LogP contribution in [-0.4, -0.2) is 102 Å². The molecule has 0 unspecified atom stereocenters. The van der Waals surface area contributed by atoms with E-state index in [2.05, 4.69) is 20.6 Å². The molecular formula is C46H50N10O6. The van der Waals surface area contributed by atoms with E-state index in [9.17, 15) is 19.2 Å². The van der Waals surface area contributed by atoms with E-state index in [0.29, 0.717) is 11.8 Å². The Morgan fingerprint density at radius 2 is 0.984 bits per heavy atom. The van der Waals surface area contributed by atoms with Crippen LogP contribution in [0.15, 0.2) is 60.7 Å². The molecule has 0 radical (unpaired) electrons. The van der Waals surface area contributed by atoms with Crippen LogP contribution in [0.5, 0.6) is 0 Å². The predicted octanol–water partition coefficient (Wildman–Crippen LogP) is 6.80. The molecule has 6 heterocycles. The number of likely N-dealkylation sites (tertiary alicyclic amines) is 2. The standard InChI is InChI=1S/C46H50N10O6/c1-21(2)39(53-45(59)61-5)43(57)55-35-17-25(35)19-37(55)41-49-31-9-7-23(15-33(31)51-41)27-11-13-30-29(47-27)14-12-28(48-30)24-8-10-32-34(16-24)52-42(50-32)38-20-26-18-36(26)56(38)44(58)40(22(3)4)54-46(60)62-6/h7-16,21-22,25-26,35-40H,17-20H2,1-6H3,(H,49,51)(H,50,52)(H,53,59)(H,54,60)/t25-,26-,35-,36-,37+,38+,39+,40+/m1/s1. The summed E-state index contributed by atoms with van der Waals surface area (Å²) in [6.45, 7) is 7.67. The van der Waals surface area contributed by atoms with Crippen LogP contribution in [-0.2, 0) is 19.1 Å². The Kier molecular flexibility index (Phi) is 9.63. The van der Waals surface area contributed by atoms with Crippen LogP contribution < -0.4 is 10.6 Å². The van der Waals surface area contributed by atoms with Gasteiger partial charge in [-0.15, -0.1) is 0 Å².